The molecule has 1 atom stereocenters. The number of H-pyrrole nitrogens is 1. The molecule has 1 aliphatic rings. The van der Waals surface area contributed by atoms with Gasteiger partial charge in [0.25, 0.3) is 5.91 Å². The van der Waals surface area contributed by atoms with Crippen LogP contribution in [0, 0.1) is 13.8 Å². The number of para-hydroxylation sites is 1. The molecule has 0 saturated heterocycles. The van der Waals surface area contributed by atoms with Crippen LogP contribution in [0.4, 0.5) is 10.5 Å². The van der Waals surface area contributed by atoms with E-state index in [1.807, 2.05) is 57.2 Å². The molecule has 0 bridgehead atoms. The van der Waals surface area contributed by atoms with Gasteiger partial charge in [0.2, 0.25) is 0 Å². The molecule has 2 heterocycles. The van der Waals surface area contributed by atoms with E-state index in [4.69, 9.17) is 0 Å². The molecular formula is C25H34N4O2. The van der Waals surface area contributed by atoms with Crippen LogP contribution in [0.25, 0.3) is 11.6 Å². The standard InChI is InChI=1S/C25H34N4O2/c1-16-14-18(3)26-21(16)15-20-19-10-8-9-11-22(19)29(23(20)30)24(31)27-17(2)12-13-28(7)25(4,5)6/h8-11,14-15,17,26H,12-13H2,1-7H3,(H,27,31)/b20-15-. The van der Waals surface area contributed by atoms with E-state index in [0.29, 0.717) is 11.3 Å². The largest absolute Gasteiger partial charge is 0.359 e. The average Bonchev–Trinajstić information content (AvgIpc) is 3.15. The van der Waals surface area contributed by atoms with E-state index < -0.39 is 0 Å². The summed E-state index contributed by atoms with van der Waals surface area (Å²) in [5.41, 5.74) is 4.97. The van der Waals surface area contributed by atoms with E-state index in [9.17, 15) is 9.59 Å². The quantitative estimate of drug-likeness (QED) is 0.684. The molecule has 31 heavy (non-hydrogen) atoms. The summed E-state index contributed by atoms with van der Waals surface area (Å²) in [5, 5.41) is 3.00. The molecule has 2 N–H and O–H groups in total. The summed E-state index contributed by atoms with van der Waals surface area (Å²) >= 11 is 0. The van der Waals surface area contributed by atoms with Crippen molar-refractivity contribution in [2.75, 3.05) is 18.5 Å². The van der Waals surface area contributed by atoms with Crippen LogP contribution < -0.4 is 10.2 Å². The fourth-order valence-electron chi connectivity index (χ4n) is 3.70. The smallest absolute Gasteiger partial charge is 0.329 e. The van der Waals surface area contributed by atoms with Gasteiger partial charge in [-0.05, 0) is 78.8 Å². The Kier molecular flexibility index (Phi) is 6.41. The van der Waals surface area contributed by atoms with Crippen LogP contribution in [0.5, 0.6) is 0 Å². The number of benzene rings is 1. The van der Waals surface area contributed by atoms with Gasteiger partial charge in [0.1, 0.15) is 0 Å². The van der Waals surface area contributed by atoms with E-state index in [-0.39, 0.29) is 23.5 Å². The normalized spacial score (nSPS) is 16.2. The molecule has 0 saturated carbocycles. The van der Waals surface area contributed by atoms with Crippen LogP contribution in [0.1, 0.15) is 56.6 Å². The number of nitrogens with one attached hydrogen (secondary N) is 2. The van der Waals surface area contributed by atoms with Gasteiger partial charge in [-0.1, -0.05) is 18.2 Å². The summed E-state index contributed by atoms with van der Waals surface area (Å²) in [4.78, 5) is 33.2. The number of nitrogens with zero attached hydrogens (tertiary/aromatic N) is 2. The average molecular weight is 423 g/mol. The second kappa shape index (κ2) is 8.71. The van der Waals surface area contributed by atoms with E-state index in [1.165, 1.54) is 4.90 Å². The van der Waals surface area contributed by atoms with Crippen molar-refractivity contribution in [3.63, 3.8) is 0 Å². The fourth-order valence-corrected chi connectivity index (χ4v) is 3.70. The third-order valence-electron chi connectivity index (χ3n) is 5.96. The lowest BCUT2D eigenvalue weighted by atomic mass is 10.1. The molecule has 2 aromatic rings. The molecule has 3 rings (SSSR count). The number of rotatable bonds is 5. The summed E-state index contributed by atoms with van der Waals surface area (Å²) in [7, 11) is 2.08. The number of fused-ring (bicyclic) bond motifs is 1. The van der Waals surface area contributed by atoms with E-state index >= 15 is 0 Å². The highest BCUT2D eigenvalue weighted by molar-refractivity contribution is 6.42. The number of hydrogen-bond acceptors (Lipinski definition) is 3. The zero-order valence-electron chi connectivity index (χ0n) is 19.7. The number of imide groups is 1. The maximum Gasteiger partial charge on any atom is 0.329 e. The molecule has 6 nitrogen and oxygen atoms in total. The number of urea groups is 1. The first kappa shape index (κ1) is 22.8. The molecule has 1 aromatic carbocycles. The van der Waals surface area contributed by atoms with Gasteiger partial charge in [-0.25, -0.2) is 9.69 Å². The molecule has 1 unspecified atom stereocenters. The minimum atomic E-state index is -0.383. The van der Waals surface area contributed by atoms with Crippen molar-refractivity contribution in [3.8, 4) is 0 Å². The minimum Gasteiger partial charge on any atom is -0.359 e. The first-order valence-corrected chi connectivity index (χ1v) is 10.8. The lowest BCUT2D eigenvalue weighted by Crippen LogP contribution is -2.47. The molecule has 0 aliphatic carbocycles. The summed E-state index contributed by atoms with van der Waals surface area (Å²) in [5.74, 6) is -0.302. The Balaban J connectivity index is 1.79. The van der Waals surface area contributed by atoms with Crippen molar-refractivity contribution in [1.82, 2.24) is 15.2 Å². The third-order valence-corrected chi connectivity index (χ3v) is 5.96. The molecule has 1 aliphatic heterocycles. The summed E-state index contributed by atoms with van der Waals surface area (Å²) in [6, 6.07) is 9.04. The van der Waals surface area contributed by atoms with Crippen LogP contribution in [-0.4, -0.2) is 47.0 Å². The number of carbonyl (C=O) groups is 2. The van der Waals surface area contributed by atoms with Crippen molar-refractivity contribution in [3.05, 3.63) is 52.8 Å². The highest BCUT2D eigenvalue weighted by Gasteiger charge is 2.37. The Labute approximate surface area is 185 Å². The predicted molar refractivity (Wildman–Crippen MR) is 127 cm³/mol. The van der Waals surface area contributed by atoms with Crippen LogP contribution in [0.3, 0.4) is 0 Å². The lowest BCUT2D eigenvalue weighted by molar-refractivity contribution is -0.112. The van der Waals surface area contributed by atoms with Gasteiger partial charge in [-0.2, -0.15) is 0 Å². The van der Waals surface area contributed by atoms with E-state index in [1.54, 1.807) is 0 Å². The van der Waals surface area contributed by atoms with Gasteiger partial charge < -0.3 is 15.2 Å². The highest BCUT2D eigenvalue weighted by Crippen LogP contribution is 2.38. The Hall–Kier alpha value is -2.86. The van der Waals surface area contributed by atoms with Crippen LogP contribution in [-0.2, 0) is 4.79 Å². The summed E-state index contributed by atoms with van der Waals surface area (Å²) < 4.78 is 0. The lowest BCUT2D eigenvalue weighted by Gasteiger charge is -2.32. The SMILES string of the molecule is Cc1cc(C)c(/C=C2\C(=O)N(C(=O)NC(C)CCN(C)C(C)(C)C)c3ccccc32)[nH]1. The Morgan fingerprint density at radius 2 is 1.94 bits per heavy atom. The molecule has 166 valence electrons. The van der Waals surface area contributed by atoms with Gasteiger partial charge in [0, 0.05) is 35.1 Å². The van der Waals surface area contributed by atoms with Gasteiger partial charge in [-0.15, -0.1) is 0 Å². The summed E-state index contributed by atoms with van der Waals surface area (Å²) in [6.07, 6.45) is 2.64. The second-order valence-corrected chi connectivity index (χ2v) is 9.50. The van der Waals surface area contributed by atoms with Crippen LogP contribution in [0.2, 0.25) is 0 Å². The van der Waals surface area contributed by atoms with Gasteiger partial charge >= 0.3 is 6.03 Å². The first-order chi connectivity index (χ1) is 14.5. The number of aromatic amines is 1. The fraction of sp³-hybridized carbons (Fsp3) is 0.440. The number of aromatic nitrogens is 1. The number of hydrogen-bond donors (Lipinski definition) is 2. The molecule has 3 amide bonds. The van der Waals surface area contributed by atoms with Gasteiger partial charge in [0.15, 0.2) is 0 Å². The Morgan fingerprint density at radius 3 is 2.55 bits per heavy atom. The van der Waals surface area contributed by atoms with Crippen LogP contribution in [0.15, 0.2) is 30.3 Å². The van der Waals surface area contributed by atoms with Gasteiger partial charge in [0.05, 0.1) is 11.3 Å². The molecular weight excluding hydrogens is 388 g/mol. The first-order valence-electron chi connectivity index (χ1n) is 10.8. The summed E-state index contributed by atoms with van der Waals surface area (Å²) in [6.45, 7) is 13.3. The van der Waals surface area contributed by atoms with Crippen molar-refractivity contribution < 1.29 is 9.59 Å². The monoisotopic (exact) mass is 422 g/mol. The number of carbonyl (C=O) groups excluding carboxylic acids is 2. The highest BCUT2D eigenvalue weighted by atomic mass is 16.2. The molecule has 6 heteroatoms. The van der Waals surface area contributed by atoms with Crippen LogP contribution >= 0.6 is 0 Å². The zero-order valence-corrected chi connectivity index (χ0v) is 19.7. The van der Waals surface area contributed by atoms with E-state index in [0.717, 1.165) is 35.5 Å². The number of anilines is 1. The van der Waals surface area contributed by atoms with Gasteiger partial charge in [-0.3, -0.25) is 4.79 Å². The van der Waals surface area contributed by atoms with E-state index in [2.05, 4.69) is 43.0 Å². The van der Waals surface area contributed by atoms with Crippen molar-refractivity contribution in [1.29, 1.82) is 0 Å². The number of aryl methyl sites for hydroxylation is 2. The predicted octanol–water partition coefficient (Wildman–Crippen LogP) is 4.74. The maximum atomic E-state index is 13.3. The third kappa shape index (κ3) is 4.90. The zero-order chi connectivity index (χ0) is 22.9. The topological polar surface area (TPSA) is 68.4 Å². The molecule has 0 radical (unpaired) electrons. The Morgan fingerprint density at radius 1 is 1.26 bits per heavy atom. The van der Waals surface area contributed by atoms with Crippen molar-refractivity contribution in [2.45, 2.75) is 59.5 Å². The Bertz CT molecular complexity index is 1010. The molecule has 0 spiro atoms. The molecule has 1 aromatic heterocycles. The van der Waals surface area contributed by atoms with Crippen molar-refractivity contribution >= 4 is 29.3 Å². The maximum absolute atomic E-state index is 13.3. The van der Waals surface area contributed by atoms with Crippen molar-refractivity contribution in [2.24, 2.45) is 0 Å². The second-order valence-electron chi connectivity index (χ2n) is 9.50. The molecule has 0 fully saturated rings. The number of amides is 3. The minimum absolute atomic E-state index is 0.0569.